The molecule has 3 aliphatic rings. The van der Waals surface area contributed by atoms with Crippen LogP contribution in [0.5, 0.6) is 0 Å². The average molecular weight is 1270 g/mol. The number of rotatable bonds is 50. The predicted octanol–water partition coefficient (Wildman–Crippen LogP) is 0.954. The molecule has 3 aliphatic heterocycles. The van der Waals surface area contributed by atoms with Crippen LogP contribution < -0.4 is 16.0 Å². The maximum Gasteiger partial charge on any atom is 0.407 e. The summed E-state index contributed by atoms with van der Waals surface area (Å²) < 4.78 is 51.4. The number of carbonyl (C=O) groups excluding carboxylic acids is 6. The molecular formula is C61H109N3O24. The molecule has 0 aromatic rings. The van der Waals surface area contributed by atoms with Crippen LogP contribution in [-0.2, 0) is 66.6 Å². The van der Waals surface area contributed by atoms with E-state index >= 15 is 0 Å². The fourth-order valence-electron chi connectivity index (χ4n) is 10.3. The molecule has 0 bridgehead atoms. The minimum atomic E-state index is -1.22. The first-order valence-corrected chi connectivity index (χ1v) is 32.0. The monoisotopic (exact) mass is 1270 g/mol. The van der Waals surface area contributed by atoms with Crippen LogP contribution in [0, 0.1) is 17.8 Å². The van der Waals surface area contributed by atoms with Crippen molar-refractivity contribution < 1.29 is 117 Å². The van der Waals surface area contributed by atoms with Crippen molar-refractivity contribution in [2.24, 2.45) is 17.8 Å². The first-order valence-electron chi connectivity index (χ1n) is 32.0. The molecule has 0 aliphatic carbocycles. The third-order valence-corrected chi connectivity index (χ3v) is 16.5. The lowest BCUT2D eigenvalue weighted by Crippen LogP contribution is -2.56. The molecule has 88 heavy (non-hydrogen) atoms. The summed E-state index contributed by atoms with van der Waals surface area (Å²) in [5.74, 6) is -1.46. The molecule has 512 valence electrons. The fraction of sp³-hybridized carbons (Fsp3) is 0.902. The van der Waals surface area contributed by atoms with Crippen molar-refractivity contribution in [2.45, 2.75) is 241 Å². The smallest absolute Gasteiger partial charge is 0.407 e. The third-order valence-electron chi connectivity index (χ3n) is 16.5. The summed E-state index contributed by atoms with van der Waals surface area (Å²) in [6.45, 7) is 4.98. The minimum absolute atomic E-state index is 0.00540. The summed E-state index contributed by atoms with van der Waals surface area (Å²) in [4.78, 5) is 75.9. The summed E-state index contributed by atoms with van der Waals surface area (Å²) in [6, 6.07) is 0. The van der Waals surface area contributed by atoms with Gasteiger partial charge in [0.15, 0.2) is 18.9 Å². The van der Waals surface area contributed by atoms with Gasteiger partial charge in [0.05, 0.1) is 70.1 Å². The van der Waals surface area contributed by atoms with E-state index in [0.717, 1.165) is 0 Å². The highest BCUT2D eigenvalue weighted by Gasteiger charge is 2.45. The van der Waals surface area contributed by atoms with E-state index in [4.69, 9.17) is 42.6 Å². The molecule has 15 unspecified atom stereocenters. The molecule has 15 atom stereocenters. The zero-order valence-electron chi connectivity index (χ0n) is 52.6. The maximum absolute atomic E-state index is 12.9. The zero-order chi connectivity index (χ0) is 64.9. The van der Waals surface area contributed by atoms with Crippen LogP contribution in [0.15, 0.2) is 0 Å². The van der Waals surface area contributed by atoms with E-state index in [9.17, 15) is 74.7 Å². The molecule has 3 fully saturated rings. The lowest BCUT2D eigenvalue weighted by Gasteiger charge is -2.40. The van der Waals surface area contributed by atoms with Crippen molar-refractivity contribution in [3.63, 3.8) is 0 Å². The molecule has 0 aromatic heterocycles. The molecule has 27 nitrogen and oxygen atoms in total. The van der Waals surface area contributed by atoms with E-state index in [2.05, 4.69) is 16.0 Å². The van der Waals surface area contributed by atoms with Gasteiger partial charge in [-0.15, -0.1) is 0 Å². The van der Waals surface area contributed by atoms with Gasteiger partial charge < -0.3 is 105 Å². The molecule has 0 radical (unpaired) electrons. The molecular weight excluding hydrogens is 1160 g/mol. The van der Waals surface area contributed by atoms with Crippen LogP contribution in [0.2, 0.25) is 0 Å². The third kappa shape index (κ3) is 30.0. The van der Waals surface area contributed by atoms with Gasteiger partial charge in [-0.3, -0.25) is 24.0 Å². The summed E-state index contributed by atoms with van der Waals surface area (Å²) >= 11 is 0. The molecule has 2 amide bonds. The molecule has 3 heterocycles. The van der Waals surface area contributed by atoms with Crippen molar-refractivity contribution in [2.75, 3.05) is 92.8 Å². The van der Waals surface area contributed by atoms with Crippen LogP contribution in [0.3, 0.4) is 0 Å². The molecule has 3 rings (SSSR count). The Hall–Kier alpha value is -3.30. The van der Waals surface area contributed by atoms with E-state index in [0.29, 0.717) is 142 Å². The van der Waals surface area contributed by atoms with Crippen molar-refractivity contribution in [3.05, 3.63) is 0 Å². The minimum Gasteiger partial charge on any atom is -0.447 e. The lowest BCUT2D eigenvalue weighted by atomic mass is 9.92. The van der Waals surface area contributed by atoms with Crippen LogP contribution >= 0.6 is 0 Å². The number of hydrogen-bond acceptors (Lipinski definition) is 25. The van der Waals surface area contributed by atoms with E-state index in [1.807, 2.05) is 0 Å². The highest BCUT2D eigenvalue weighted by Crippen LogP contribution is 2.30. The highest BCUT2D eigenvalue weighted by atomic mass is 16.7. The second-order valence-electron chi connectivity index (χ2n) is 23.8. The number of alkyl carbamates (subject to hydrolysis) is 1. The number of aliphatic hydroxyl groups is 9. The Bertz CT molecular complexity index is 1870. The SMILES string of the molecule is CNC(COCCC(=O)CCCCCC(=O)CCCCOC1OC(CO)C(O)C(O)C1C)(COCCC(=O)CCCCCC(=O)CCCCOC1OC(CO)C(O)C(O)C1C)COC(=O)NCCCNC(=O)CCCCOC1OC(CO)C(O)C(O)C1C. The van der Waals surface area contributed by atoms with Crippen LogP contribution in [-0.4, -0.2) is 253 Å². The number of ketones is 4. The molecule has 3 saturated heterocycles. The number of hydrogen-bond donors (Lipinski definition) is 12. The number of aliphatic hydroxyl groups excluding tert-OH is 9. The number of unbranched alkanes of at least 4 members (excludes halogenated alkanes) is 7. The first-order chi connectivity index (χ1) is 42.2. The van der Waals surface area contributed by atoms with Gasteiger partial charge in [-0.1, -0.05) is 33.6 Å². The second kappa shape index (κ2) is 45.1. The van der Waals surface area contributed by atoms with Gasteiger partial charge in [0.25, 0.3) is 0 Å². The number of amides is 2. The predicted molar refractivity (Wildman–Crippen MR) is 316 cm³/mol. The lowest BCUT2D eigenvalue weighted by molar-refractivity contribution is -0.282. The normalized spacial score (nSPS) is 28.0. The largest absolute Gasteiger partial charge is 0.447 e. The average Bonchev–Trinajstić information content (AvgIpc) is 2.51. The Morgan fingerprint density at radius 1 is 0.398 bits per heavy atom. The number of carbonyl (C=O) groups is 6. The summed E-state index contributed by atoms with van der Waals surface area (Å²) in [6.07, 6.45) is -2.30. The molecule has 0 saturated carbocycles. The van der Waals surface area contributed by atoms with E-state index in [1.54, 1.807) is 27.8 Å². The summed E-state index contributed by atoms with van der Waals surface area (Å²) in [5.41, 5.74) is -1.06. The Balaban J connectivity index is 1.33. The molecule has 12 N–H and O–H groups in total. The van der Waals surface area contributed by atoms with E-state index < -0.39 is 123 Å². The van der Waals surface area contributed by atoms with Crippen molar-refractivity contribution >= 4 is 35.1 Å². The maximum atomic E-state index is 12.9. The van der Waals surface area contributed by atoms with Gasteiger partial charge in [0.2, 0.25) is 5.91 Å². The zero-order valence-corrected chi connectivity index (χ0v) is 52.6. The van der Waals surface area contributed by atoms with Crippen molar-refractivity contribution in [3.8, 4) is 0 Å². The van der Waals surface area contributed by atoms with Gasteiger partial charge in [0, 0.05) is 108 Å². The summed E-state index contributed by atoms with van der Waals surface area (Å²) in [5, 5.41) is 97.6. The molecule has 0 spiro atoms. The second-order valence-corrected chi connectivity index (χ2v) is 23.8. The standard InChI is InChI=1S/C61H109N3O24/c1-40-51(73)54(76)47(34-65)86-57(40)82-29-14-11-22-43(68)18-7-5-9-20-45(70)25-32-80-37-61(62-4,39-85-60(79)64-28-17-27-63-50(72)24-13-16-31-84-59-42(3)53(75)56(78)49(36-67)88-59)38-81-33-26-46(71)21-10-6-8-19-44(69)23-12-15-30-83-58-41(2)52(74)55(77)48(35-66)87-58/h40-42,47-49,51-59,62,65-67,73-78H,5-39H2,1-4H3,(H,63,72)(H,64,79). The number of likely N-dealkylation sites (N-methyl/N-ethyl adjacent to an activating group) is 1. The highest BCUT2D eigenvalue weighted by molar-refractivity contribution is 5.79. The van der Waals surface area contributed by atoms with Crippen molar-refractivity contribution in [1.29, 1.82) is 0 Å². The molecule has 27 heteroatoms. The van der Waals surface area contributed by atoms with Crippen molar-refractivity contribution in [1.82, 2.24) is 16.0 Å². The van der Waals surface area contributed by atoms with Gasteiger partial charge in [-0.05, 0) is 77.7 Å². The quantitative estimate of drug-likeness (QED) is 0.0377. The van der Waals surface area contributed by atoms with Gasteiger partial charge >= 0.3 is 6.09 Å². The Morgan fingerprint density at radius 3 is 1.08 bits per heavy atom. The number of Topliss-reactive ketones (excluding diaryl/α,β-unsaturated/α-hetero) is 4. The van der Waals surface area contributed by atoms with Crippen LogP contribution in [0.1, 0.15) is 162 Å². The Labute approximate surface area is 518 Å². The Kier molecular flexibility index (Phi) is 40.4. The van der Waals surface area contributed by atoms with E-state index in [-0.39, 0.29) is 94.5 Å². The number of nitrogens with one attached hydrogen (secondary N) is 3. The van der Waals surface area contributed by atoms with Crippen LogP contribution in [0.25, 0.3) is 0 Å². The first kappa shape index (κ1) is 78.9. The van der Waals surface area contributed by atoms with Crippen LogP contribution in [0.4, 0.5) is 4.79 Å². The van der Waals surface area contributed by atoms with Gasteiger partial charge in [-0.2, -0.15) is 0 Å². The summed E-state index contributed by atoms with van der Waals surface area (Å²) in [7, 11) is 1.65. The molecule has 0 aromatic carbocycles. The van der Waals surface area contributed by atoms with Gasteiger partial charge in [0.1, 0.15) is 66.4 Å². The number of ether oxygens (including phenoxy) is 9. The Morgan fingerprint density at radius 2 is 0.727 bits per heavy atom. The fourth-order valence-corrected chi connectivity index (χ4v) is 10.3. The topological polar surface area (TPSA) is 404 Å². The van der Waals surface area contributed by atoms with E-state index in [1.165, 1.54) is 0 Å². The van der Waals surface area contributed by atoms with Gasteiger partial charge in [-0.25, -0.2) is 4.79 Å².